The lowest BCUT2D eigenvalue weighted by atomic mass is 10.1. The Hall–Kier alpha value is -1.81. The Kier molecular flexibility index (Phi) is 3.51. The van der Waals surface area contributed by atoms with E-state index in [9.17, 15) is 4.79 Å². The summed E-state index contributed by atoms with van der Waals surface area (Å²) in [5, 5.41) is 1.98. The Balaban J connectivity index is 1.81. The van der Waals surface area contributed by atoms with Crippen LogP contribution in [-0.2, 0) is 6.42 Å². The van der Waals surface area contributed by atoms with Crippen LogP contribution in [0.4, 0.5) is 0 Å². The smallest absolute Gasteiger partial charge is 0.168 e. The molecule has 1 aliphatic rings. The molecule has 2 aromatic rings. The monoisotopic (exact) mass is 274 g/mol. The molecule has 0 amide bonds. The third-order valence-corrected chi connectivity index (χ3v) is 3.86. The number of carbonyl (C=O) groups is 1. The fraction of sp³-hybridized carbons (Fsp3) is 0.267. The topological polar surface area (TPSA) is 35.5 Å². The molecule has 3 rings (SSSR count). The van der Waals surface area contributed by atoms with Gasteiger partial charge in [0.2, 0.25) is 0 Å². The Labute approximate surface area is 115 Å². The third-order valence-electron chi connectivity index (χ3n) is 2.98. The summed E-state index contributed by atoms with van der Waals surface area (Å²) in [5.74, 6) is 1.51. The number of rotatable bonds is 3. The number of benzene rings is 1. The Bertz CT molecular complexity index is 575. The van der Waals surface area contributed by atoms with Crippen molar-refractivity contribution < 1.29 is 14.3 Å². The molecule has 0 spiro atoms. The highest BCUT2D eigenvalue weighted by Gasteiger charge is 2.14. The summed E-state index contributed by atoms with van der Waals surface area (Å²) in [6.07, 6.45) is 1.31. The molecule has 4 heteroatoms. The number of ether oxygens (including phenoxy) is 2. The van der Waals surface area contributed by atoms with Crippen LogP contribution in [0.25, 0.3) is 0 Å². The van der Waals surface area contributed by atoms with E-state index in [2.05, 4.69) is 0 Å². The molecule has 0 saturated carbocycles. The van der Waals surface area contributed by atoms with E-state index in [1.54, 1.807) is 17.4 Å². The van der Waals surface area contributed by atoms with Crippen molar-refractivity contribution in [1.82, 2.24) is 0 Å². The maximum Gasteiger partial charge on any atom is 0.168 e. The van der Waals surface area contributed by atoms with Gasteiger partial charge >= 0.3 is 0 Å². The van der Waals surface area contributed by atoms with Gasteiger partial charge in [-0.3, -0.25) is 4.79 Å². The molecule has 0 radical (unpaired) electrons. The van der Waals surface area contributed by atoms with E-state index in [0.29, 0.717) is 30.9 Å². The van der Waals surface area contributed by atoms with Crippen LogP contribution in [0.1, 0.15) is 21.7 Å². The van der Waals surface area contributed by atoms with Crippen molar-refractivity contribution in [3.63, 3.8) is 0 Å². The van der Waals surface area contributed by atoms with Gasteiger partial charge in [0.1, 0.15) is 0 Å². The fourth-order valence-corrected chi connectivity index (χ4v) is 2.71. The first-order chi connectivity index (χ1) is 9.33. The normalized spacial score (nSPS) is 13.9. The second-order valence-electron chi connectivity index (χ2n) is 4.39. The zero-order chi connectivity index (χ0) is 13.1. The number of thiophene rings is 1. The first-order valence-electron chi connectivity index (χ1n) is 6.28. The van der Waals surface area contributed by atoms with E-state index >= 15 is 0 Å². The summed E-state index contributed by atoms with van der Waals surface area (Å²) < 4.78 is 11.2. The van der Waals surface area contributed by atoms with E-state index in [4.69, 9.17) is 9.47 Å². The van der Waals surface area contributed by atoms with Crippen LogP contribution in [0, 0.1) is 0 Å². The molecule has 1 aliphatic heterocycles. The SMILES string of the molecule is O=C(Cc1cccs1)c1ccc2c(c1)OCCCO2. The summed E-state index contributed by atoms with van der Waals surface area (Å²) in [7, 11) is 0. The predicted molar refractivity (Wildman–Crippen MR) is 74.4 cm³/mol. The fourth-order valence-electron chi connectivity index (χ4n) is 2.01. The lowest BCUT2D eigenvalue weighted by Gasteiger charge is -2.08. The number of fused-ring (bicyclic) bond motifs is 1. The first kappa shape index (κ1) is 12.2. The second kappa shape index (κ2) is 5.45. The van der Waals surface area contributed by atoms with E-state index < -0.39 is 0 Å². The highest BCUT2D eigenvalue weighted by molar-refractivity contribution is 7.10. The van der Waals surface area contributed by atoms with Crippen LogP contribution >= 0.6 is 11.3 Å². The molecule has 2 heterocycles. The van der Waals surface area contributed by atoms with Gasteiger partial charge in [0.25, 0.3) is 0 Å². The highest BCUT2D eigenvalue weighted by Crippen LogP contribution is 2.30. The maximum atomic E-state index is 12.2. The quantitative estimate of drug-likeness (QED) is 0.805. The lowest BCUT2D eigenvalue weighted by molar-refractivity contribution is 0.0993. The second-order valence-corrected chi connectivity index (χ2v) is 5.42. The number of hydrogen-bond donors (Lipinski definition) is 0. The van der Waals surface area contributed by atoms with Crippen molar-refractivity contribution in [3.05, 3.63) is 46.2 Å². The highest BCUT2D eigenvalue weighted by atomic mass is 32.1. The molecule has 1 aromatic heterocycles. The van der Waals surface area contributed by atoms with Gasteiger partial charge in [0, 0.05) is 23.3 Å². The van der Waals surface area contributed by atoms with Crippen LogP contribution in [0.5, 0.6) is 11.5 Å². The van der Waals surface area contributed by atoms with Crippen molar-refractivity contribution in [2.24, 2.45) is 0 Å². The lowest BCUT2D eigenvalue weighted by Crippen LogP contribution is -2.03. The van der Waals surface area contributed by atoms with Gasteiger partial charge in [-0.2, -0.15) is 0 Å². The van der Waals surface area contributed by atoms with Crippen LogP contribution < -0.4 is 9.47 Å². The minimum absolute atomic E-state index is 0.109. The van der Waals surface area contributed by atoms with Crippen molar-refractivity contribution in [3.8, 4) is 11.5 Å². The molecule has 0 bridgehead atoms. The number of carbonyl (C=O) groups excluding carboxylic acids is 1. The molecule has 0 N–H and O–H groups in total. The van der Waals surface area contributed by atoms with Crippen molar-refractivity contribution in [1.29, 1.82) is 0 Å². The largest absolute Gasteiger partial charge is 0.490 e. The van der Waals surface area contributed by atoms with Crippen molar-refractivity contribution in [2.45, 2.75) is 12.8 Å². The van der Waals surface area contributed by atoms with Gasteiger partial charge in [0.05, 0.1) is 13.2 Å². The number of Topliss-reactive ketones (excluding diaryl/α,β-unsaturated/α-hetero) is 1. The first-order valence-corrected chi connectivity index (χ1v) is 7.16. The zero-order valence-corrected chi connectivity index (χ0v) is 11.2. The molecular formula is C15H14O3S. The minimum atomic E-state index is 0.109. The molecule has 0 aliphatic carbocycles. The maximum absolute atomic E-state index is 12.2. The van der Waals surface area contributed by atoms with Crippen LogP contribution in [0.15, 0.2) is 35.7 Å². The molecule has 0 fully saturated rings. The van der Waals surface area contributed by atoms with Crippen LogP contribution in [0.2, 0.25) is 0 Å². The van der Waals surface area contributed by atoms with Crippen LogP contribution in [-0.4, -0.2) is 19.0 Å². The third kappa shape index (κ3) is 2.79. The standard InChI is InChI=1S/C15H14O3S/c16-13(10-12-3-1-8-19-12)11-4-5-14-15(9-11)18-7-2-6-17-14/h1,3-5,8-9H,2,6-7,10H2. The summed E-state index contributed by atoms with van der Waals surface area (Å²) in [5.41, 5.74) is 0.678. The summed E-state index contributed by atoms with van der Waals surface area (Å²) >= 11 is 1.60. The Morgan fingerprint density at radius 3 is 2.79 bits per heavy atom. The molecular weight excluding hydrogens is 260 g/mol. The minimum Gasteiger partial charge on any atom is -0.490 e. The van der Waals surface area contributed by atoms with E-state index in [1.165, 1.54) is 0 Å². The Morgan fingerprint density at radius 1 is 1.16 bits per heavy atom. The summed E-state index contributed by atoms with van der Waals surface area (Å²) in [6, 6.07) is 9.36. The molecule has 19 heavy (non-hydrogen) atoms. The van der Waals surface area contributed by atoms with E-state index in [-0.39, 0.29) is 5.78 Å². The number of hydrogen-bond acceptors (Lipinski definition) is 4. The van der Waals surface area contributed by atoms with Gasteiger partial charge in [-0.25, -0.2) is 0 Å². The summed E-state index contributed by atoms with van der Waals surface area (Å²) in [4.78, 5) is 13.3. The van der Waals surface area contributed by atoms with E-state index in [0.717, 1.165) is 17.0 Å². The molecule has 0 unspecified atom stereocenters. The Morgan fingerprint density at radius 2 is 2.00 bits per heavy atom. The van der Waals surface area contributed by atoms with Crippen LogP contribution in [0.3, 0.4) is 0 Å². The van der Waals surface area contributed by atoms with E-state index in [1.807, 2.05) is 29.6 Å². The average Bonchev–Trinajstić information content (AvgIpc) is 2.81. The molecule has 0 atom stereocenters. The van der Waals surface area contributed by atoms with Gasteiger partial charge in [-0.1, -0.05) is 6.07 Å². The number of ketones is 1. The van der Waals surface area contributed by atoms with Gasteiger partial charge in [0.15, 0.2) is 17.3 Å². The van der Waals surface area contributed by atoms with Gasteiger partial charge in [-0.05, 0) is 29.6 Å². The van der Waals surface area contributed by atoms with Crippen molar-refractivity contribution in [2.75, 3.05) is 13.2 Å². The average molecular weight is 274 g/mol. The van der Waals surface area contributed by atoms with Gasteiger partial charge < -0.3 is 9.47 Å². The summed E-state index contributed by atoms with van der Waals surface area (Å²) in [6.45, 7) is 1.30. The van der Waals surface area contributed by atoms with Gasteiger partial charge in [-0.15, -0.1) is 11.3 Å². The molecule has 98 valence electrons. The molecule has 0 saturated heterocycles. The van der Waals surface area contributed by atoms with Crippen molar-refractivity contribution >= 4 is 17.1 Å². The zero-order valence-electron chi connectivity index (χ0n) is 10.4. The molecule has 3 nitrogen and oxygen atoms in total. The predicted octanol–water partition coefficient (Wildman–Crippen LogP) is 3.33. The molecule has 1 aromatic carbocycles.